The zero-order valence-corrected chi connectivity index (χ0v) is 13.4. The number of carbonyl (C=O) groups is 1. The monoisotopic (exact) mass is 339 g/mol. The lowest BCUT2D eigenvalue weighted by Crippen LogP contribution is -2.45. The molecule has 8 heteroatoms. The van der Waals surface area contributed by atoms with Crippen molar-refractivity contribution in [3.8, 4) is 0 Å². The lowest BCUT2D eigenvalue weighted by Gasteiger charge is -2.24. The van der Waals surface area contributed by atoms with E-state index in [9.17, 15) is 14.4 Å². The van der Waals surface area contributed by atoms with E-state index in [1.54, 1.807) is 30.5 Å². The standard InChI is InChI=1S/C17H17N5O3/c23-15(19-11-5-6-14-18-7-8-21(14)9-11)10-22-16(24)12-3-1-2-4-13(12)20-17(22)25/h1-4,7-8,11H,5-6,9-10H2,(H,19,23)(H,20,25)/t11-/m1/s1. The smallest absolute Gasteiger partial charge is 0.329 e. The van der Waals surface area contributed by atoms with Crippen LogP contribution in [0.25, 0.3) is 10.9 Å². The zero-order valence-electron chi connectivity index (χ0n) is 13.4. The lowest BCUT2D eigenvalue weighted by molar-refractivity contribution is -0.122. The molecule has 4 rings (SSSR count). The average Bonchev–Trinajstić information content (AvgIpc) is 3.06. The third-order valence-electron chi connectivity index (χ3n) is 4.49. The molecule has 0 saturated heterocycles. The molecule has 1 aromatic carbocycles. The molecular weight excluding hydrogens is 322 g/mol. The number of fused-ring (bicyclic) bond motifs is 2. The van der Waals surface area contributed by atoms with E-state index in [0.717, 1.165) is 23.2 Å². The molecule has 0 unspecified atom stereocenters. The van der Waals surface area contributed by atoms with Gasteiger partial charge in [0, 0.05) is 31.4 Å². The van der Waals surface area contributed by atoms with Crippen molar-refractivity contribution in [3.05, 3.63) is 63.3 Å². The minimum Gasteiger partial charge on any atom is -0.350 e. The van der Waals surface area contributed by atoms with E-state index in [1.165, 1.54) is 0 Å². The topological polar surface area (TPSA) is 102 Å². The molecule has 2 aromatic heterocycles. The van der Waals surface area contributed by atoms with Gasteiger partial charge < -0.3 is 14.9 Å². The highest BCUT2D eigenvalue weighted by molar-refractivity contribution is 5.79. The largest absolute Gasteiger partial charge is 0.350 e. The molecule has 0 saturated carbocycles. The fourth-order valence-electron chi connectivity index (χ4n) is 3.24. The Labute approximate surface area is 142 Å². The molecule has 0 fully saturated rings. The fraction of sp³-hybridized carbons (Fsp3) is 0.294. The van der Waals surface area contributed by atoms with Gasteiger partial charge in [-0.25, -0.2) is 9.78 Å². The number of nitrogens with zero attached hydrogens (tertiary/aromatic N) is 3. The van der Waals surface area contributed by atoms with Gasteiger partial charge in [0.15, 0.2) is 0 Å². The quantitative estimate of drug-likeness (QED) is 0.702. The van der Waals surface area contributed by atoms with Gasteiger partial charge in [0.05, 0.1) is 10.9 Å². The van der Waals surface area contributed by atoms with Crippen molar-refractivity contribution in [2.75, 3.05) is 0 Å². The summed E-state index contributed by atoms with van der Waals surface area (Å²) in [7, 11) is 0. The van der Waals surface area contributed by atoms with Gasteiger partial charge in [0.2, 0.25) is 5.91 Å². The number of imidazole rings is 1. The maximum absolute atomic E-state index is 12.5. The highest BCUT2D eigenvalue weighted by Gasteiger charge is 2.21. The molecule has 0 aliphatic carbocycles. The van der Waals surface area contributed by atoms with Crippen molar-refractivity contribution >= 4 is 16.8 Å². The van der Waals surface area contributed by atoms with E-state index in [2.05, 4.69) is 15.3 Å². The number of hydrogen-bond donors (Lipinski definition) is 2. The van der Waals surface area contributed by atoms with Crippen LogP contribution < -0.4 is 16.6 Å². The Balaban J connectivity index is 1.53. The summed E-state index contributed by atoms with van der Waals surface area (Å²) >= 11 is 0. The average molecular weight is 339 g/mol. The number of aromatic amines is 1. The number of nitrogens with one attached hydrogen (secondary N) is 2. The molecule has 1 amide bonds. The Morgan fingerprint density at radius 1 is 1.32 bits per heavy atom. The van der Waals surface area contributed by atoms with Gasteiger partial charge in [-0.2, -0.15) is 0 Å². The third kappa shape index (κ3) is 2.86. The summed E-state index contributed by atoms with van der Waals surface area (Å²) in [5.74, 6) is 0.657. The second-order valence-corrected chi connectivity index (χ2v) is 6.17. The van der Waals surface area contributed by atoms with Gasteiger partial charge in [-0.3, -0.25) is 14.2 Å². The molecule has 0 bridgehead atoms. The SMILES string of the molecule is O=C(Cn1c(=O)[nH]c2ccccc2c1=O)N[C@@H]1CCc2nccn2C1. The number of rotatable bonds is 3. The summed E-state index contributed by atoms with van der Waals surface area (Å²) in [4.78, 5) is 43.8. The molecule has 3 heterocycles. The lowest BCUT2D eigenvalue weighted by atomic mass is 10.1. The van der Waals surface area contributed by atoms with E-state index in [4.69, 9.17) is 0 Å². The van der Waals surface area contributed by atoms with E-state index >= 15 is 0 Å². The number of benzene rings is 1. The second kappa shape index (κ2) is 6.04. The van der Waals surface area contributed by atoms with Crippen LogP contribution in [0, 0.1) is 0 Å². The van der Waals surface area contributed by atoms with Crippen LogP contribution in [0.1, 0.15) is 12.2 Å². The molecule has 0 radical (unpaired) electrons. The van der Waals surface area contributed by atoms with E-state index in [0.29, 0.717) is 17.4 Å². The second-order valence-electron chi connectivity index (χ2n) is 6.17. The van der Waals surface area contributed by atoms with E-state index in [1.807, 2.05) is 10.8 Å². The van der Waals surface area contributed by atoms with Gasteiger partial charge in [0.25, 0.3) is 5.56 Å². The summed E-state index contributed by atoms with van der Waals surface area (Å²) in [6, 6.07) is 6.71. The molecule has 1 atom stereocenters. The first-order valence-corrected chi connectivity index (χ1v) is 8.13. The van der Waals surface area contributed by atoms with Crippen LogP contribution in [-0.2, 0) is 24.3 Å². The Bertz CT molecular complexity index is 1060. The first-order chi connectivity index (χ1) is 12.1. The Kier molecular flexibility index (Phi) is 3.72. The van der Waals surface area contributed by atoms with Crippen LogP contribution >= 0.6 is 0 Å². The van der Waals surface area contributed by atoms with Crippen LogP contribution in [0.15, 0.2) is 46.2 Å². The van der Waals surface area contributed by atoms with Crippen molar-refractivity contribution in [1.29, 1.82) is 0 Å². The molecule has 0 spiro atoms. The van der Waals surface area contributed by atoms with Crippen LogP contribution in [0.4, 0.5) is 0 Å². The van der Waals surface area contributed by atoms with Crippen LogP contribution in [-0.4, -0.2) is 31.1 Å². The van der Waals surface area contributed by atoms with Gasteiger partial charge in [0.1, 0.15) is 12.4 Å². The number of H-pyrrole nitrogens is 1. The van der Waals surface area contributed by atoms with Crippen molar-refractivity contribution in [3.63, 3.8) is 0 Å². The predicted octanol–water partition coefficient (Wildman–Crippen LogP) is 0.0175. The van der Waals surface area contributed by atoms with Gasteiger partial charge in [-0.1, -0.05) is 12.1 Å². The Morgan fingerprint density at radius 3 is 3.04 bits per heavy atom. The summed E-state index contributed by atoms with van der Waals surface area (Å²) in [5, 5.41) is 3.29. The van der Waals surface area contributed by atoms with Crippen molar-refractivity contribution < 1.29 is 4.79 Å². The fourth-order valence-corrected chi connectivity index (χ4v) is 3.24. The van der Waals surface area contributed by atoms with E-state index in [-0.39, 0.29) is 18.5 Å². The molecule has 25 heavy (non-hydrogen) atoms. The summed E-state index contributed by atoms with van der Waals surface area (Å²) in [6.07, 6.45) is 5.19. The number of amides is 1. The molecular formula is C17H17N5O3. The van der Waals surface area contributed by atoms with Crippen LogP contribution in [0.2, 0.25) is 0 Å². The maximum Gasteiger partial charge on any atom is 0.329 e. The number of aryl methyl sites for hydroxylation is 1. The highest BCUT2D eigenvalue weighted by atomic mass is 16.2. The predicted molar refractivity (Wildman–Crippen MR) is 91.3 cm³/mol. The van der Waals surface area contributed by atoms with Crippen molar-refractivity contribution in [2.24, 2.45) is 0 Å². The summed E-state index contributed by atoms with van der Waals surface area (Å²) in [5.41, 5.74) is -0.580. The van der Waals surface area contributed by atoms with Crippen molar-refractivity contribution in [1.82, 2.24) is 24.4 Å². The Morgan fingerprint density at radius 2 is 2.16 bits per heavy atom. The summed E-state index contributed by atoms with van der Waals surface area (Å²) < 4.78 is 2.94. The number of para-hydroxylation sites is 1. The molecule has 128 valence electrons. The first kappa shape index (κ1) is 15.4. The maximum atomic E-state index is 12.5. The number of aromatic nitrogens is 4. The number of carbonyl (C=O) groups excluding carboxylic acids is 1. The number of hydrogen-bond acceptors (Lipinski definition) is 4. The molecule has 2 N–H and O–H groups in total. The molecule has 8 nitrogen and oxygen atoms in total. The van der Waals surface area contributed by atoms with Crippen molar-refractivity contribution in [2.45, 2.75) is 32.0 Å². The minimum atomic E-state index is -0.584. The van der Waals surface area contributed by atoms with E-state index < -0.39 is 11.2 Å². The first-order valence-electron chi connectivity index (χ1n) is 8.13. The zero-order chi connectivity index (χ0) is 17.4. The Hall–Kier alpha value is -3.16. The third-order valence-corrected chi connectivity index (χ3v) is 4.49. The van der Waals surface area contributed by atoms with Crippen LogP contribution in [0.3, 0.4) is 0 Å². The molecule has 1 aliphatic heterocycles. The van der Waals surface area contributed by atoms with Gasteiger partial charge in [-0.05, 0) is 18.6 Å². The minimum absolute atomic E-state index is 0.0376. The summed E-state index contributed by atoms with van der Waals surface area (Å²) in [6.45, 7) is 0.344. The normalized spacial score (nSPS) is 16.6. The highest BCUT2D eigenvalue weighted by Crippen LogP contribution is 2.12. The van der Waals surface area contributed by atoms with Gasteiger partial charge in [-0.15, -0.1) is 0 Å². The molecule has 1 aliphatic rings. The van der Waals surface area contributed by atoms with Gasteiger partial charge >= 0.3 is 5.69 Å². The van der Waals surface area contributed by atoms with Crippen LogP contribution in [0.5, 0.6) is 0 Å². The molecule has 3 aromatic rings.